The first-order valence-corrected chi connectivity index (χ1v) is 8.07. The van der Waals surface area contributed by atoms with E-state index in [4.69, 9.17) is 0 Å². The van der Waals surface area contributed by atoms with Gasteiger partial charge in [0.05, 0.1) is 6.04 Å². The average molecular weight is 317 g/mol. The van der Waals surface area contributed by atoms with Gasteiger partial charge in [0.15, 0.2) is 0 Å². The second kappa shape index (κ2) is 6.79. The van der Waals surface area contributed by atoms with Crippen molar-refractivity contribution < 1.29 is 9.18 Å². The van der Waals surface area contributed by atoms with Crippen molar-refractivity contribution in [3.8, 4) is 0 Å². The lowest BCUT2D eigenvalue weighted by molar-refractivity contribution is 0.236. The van der Waals surface area contributed by atoms with Crippen LogP contribution in [0.2, 0.25) is 0 Å². The zero-order chi connectivity index (χ0) is 15.4. The molecule has 1 aromatic heterocycles. The maximum Gasteiger partial charge on any atom is 0.315 e. The number of nitrogens with one attached hydrogen (secondary N) is 2. The number of halogens is 1. The first kappa shape index (κ1) is 14.8. The Hall–Kier alpha value is -2.08. The molecule has 2 heterocycles. The lowest BCUT2D eigenvalue weighted by atomic mass is 10.0. The Morgan fingerprint density at radius 1 is 1.32 bits per heavy atom. The number of rotatable bonds is 3. The highest BCUT2D eigenvalue weighted by atomic mass is 32.2. The van der Waals surface area contributed by atoms with Crippen LogP contribution in [0.5, 0.6) is 0 Å². The molecule has 22 heavy (non-hydrogen) atoms. The number of carbonyl (C=O) groups is 1. The molecular weight excluding hydrogens is 301 g/mol. The van der Waals surface area contributed by atoms with Gasteiger partial charge in [-0.2, -0.15) is 0 Å². The highest BCUT2D eigenvalue weighted by Crippen LogP contribution is 2.37. The van der Waals surface area contributed by atoms with E-state index in [-0.39, 0.29) is 17.9 Å². The second-order valence-electron chi connectivity index (χ2n) is 5.03. The third-order valence-corrected chi connectivity index (χ3v) is 4.69. The van der Waals surface area contributed by atoms with Gasteiger partial charge in [-0.1, -0.05) is 12.1 Å². The number of thioether (sulfide) groups is 1. The van der Waals surface area contributed by atoms with Crippen molar-refractivity contribution in [1.82, 2.24) is 15.6 Å². The minimum absolute atomic E-state index is 0.149. The monoisotopic (exact) mass is 317 g/mol. The highest BCUT2D eigenvalue weighted by molar-refractivity contribution is 7.99. The number of amides is 2. The van der Waals surface area contributed by atoms with Crippen molar-refractivity contribution >= 4 is 17.8 Å². The lowest BCUT2D eigenvalue weighted by Crippen LogP contribution is -2.38. The Morgan fingerprint density at radius 3 is 2.95 bits per heavy atom. The van der Waals surface area contributed by atoms with E-state index in [1.165, 1.54) is 17.8 Å². The highest BCUT2D eigenvalue weighted by Gasteiger charge is 2.24. The Labute approximate surface area is 132 Å². The summed E-state index contributed by atoms with van der Waals surface area (Å²) in [6.07, 6.45) is 4.17. The fourth-order valence-electron chi connectivity index (χ4n) is 2.43. The molecule has 1 aromatic carbocycles. The van der Waals surface area contributed by atoms with Gasteiger partial charge in [0.25, 0.3) is 0 Å². The van der Waals surface area contributed by atoms with Crippen LogP contribution in [0.1, 0.15) is 23.6 Å². The Balaban J connectivity index is 1.62. The van der Waals surface area contributed by atoms with E-state index in [0.717, 1.165) is 23.3 Å². The maximum atomic E-state index is 13.8. The molecule has 0 aliphatic carbocycles. The quantitative estimate of drug-likeness (QED) is 0.913. The van der Waals surface area contributed by atoms with Crippen LogP contribution in [-0.2, 0) is 6.54 Å². The Kier molecular flexibility index (Phi) is 4.58. The van der Waals surface area contributed by atoms with Crippen LogP contribution in [0.15, 0.2) is 47.6 Å². The first-order valence-electron chi connectivity index (χ1n) is 7.08. The molecule has 0 saturated carbocycles. The fourth-order valence-corrected chi connectivity index (χ4v) is 3.57. The SMILES string of the molecule is O=C(NCc1ccncc1)NC1CCSc2c(F)cccc21. The molecule has 0 bridgehead atoms. The van der Waals surface area contributed by atoms with Gasteiger partial charge in [-0.15, -0.1) is 11.8 Å². The Morgan fingerprint density at radius 2 is 2.14 bits per heavy atom. The summed E-state index contributed by atoms with van der Waals surface area (Å²) in [5.41, 5.74) is 1.84. The topological polar surface area (TPSA) is 54.0 Å². The molecule has 1 atom stereocenters. The molecular formula is C16H16FN3OS. The molecule has 2 aromatic rings. The van der Waals surface area contributed by atoms with Crippen molar-refractivity contribution in [2.75, 3.05) is 5.75 Å². The van der Waals surface area contributed by atoms with Crippen molar-refractivity contribution in [1.29, 1.82) is 0 Å². The predicted molar refractivity (Wildman–Crippen MR) is 84.1 cm³/mol. The number of nitrogens with zero attached hydrogens (tertiary/aromatic N) is 1. The molecule has 4 nitrogen and oxygen atoms in total. The van der Waals surface area contributed by atoms with Crippen molar-refractivity contribution in [2.24, 2.45) is 0 Å². The van der Waals surface area contributed by atoms with Gasteiger partial charge in [0.2, 0.25) is 0 Å². The summed E-state index contributed by atoms with van der Waals surface area (Å²) in [6.45, 7) is 0.436. The predicted octanol–water partition coefficient (Wildman–Crippen LogP) is 3.26. The molecule has 114 valence electrons. The molecule has 0 spiro atoms. The summed E-state index contributed by atoms with van der Waals surface area (Å²) in [4.78, 5) is 16.6. The smallest absolute Gasteiger partial charge is 0.315 e. The summed E-state index contributed by atoms with van der Waals surface area (Å²) < 4.78 is 13.8. The van der Waals surface area contributed by atoms with E-state index in [9.17, 15) is 9.18 Å². The molecule has 1 aliphatic rings. The van der Waals surface area contributed by atoms with Crippen molar-refractivity contribution in [3.05, 3.63) is 59.7 Å². The van der Waals surface area contributed by atoms with E-state index >= 15 is 0 Å². The third kappa shape index (κ3) is 3.39. The normalized spacial score (nSPS) is 16.7. The molecule has 0 radical (unpaired) electrons. The lowest BCUT2D eigenvalue weighted by Gasteiger charge is -2.26. The number of urea groups is 1. The van der Waals surface area contributed by atoms with Crippen LogP contribution in [0.4, 0.5) is 9.18 Å². The average Bonchev–Trinajstić information content (AvgIpc) is 2.55. The van der Waals surface area contributed by atoms with Crippen molar-refractivity contribution in [3.63, 3.8) is 0 Å². The second-order valence-corrected chi connectivity index (χ2v) is 6.14. The molecule has 3 rings (SSSR count). The summed E-state index contributed by atoms with van der Waals surface area (Å²) in [5, 5.41) is 5.74. The molecule has 1 aliphatic heterocycles. The van der Waals surface area contributed by atoms with E-state index in [2.05, 4.69) is 15.6 Å². The molecule has 0 fully saturated rings. The maximum absolute atomic E-state index is 13.8. The van der Waals surface area contributed by atoms with Gasteiger partial charge in [-0.05, 0) is 35.7 Å². The molecule has 6 heteroatoms. The van der Waals surface area contributed by atoms with E-state index in [0.29, 0.717) is 11.4 Å². The number of hydrogen-bond acceptors (Lipinski definition) is 3. The van der Waals surface area contributed by atoms with Crippen LogP contribution in [0.3, 0.4) is 0 Å². The molecule has 0 saturated heterocycles. The number of pyridine rings is 1. The van der Waals surface area contributed by atoms with Crippen LogP contribution >= 0.6 is 11.8 Å². The summed E-state index contributed by atoms with van der Waals surface area (Å²) >= 11 is 1.50. The van der Waals surface area contributed by atoms with Gasteiger partial charge in [-0.3, -0.25) is 4.98 Å². The number of hydrogen-bond donors (Lipinski definition) is 2. The van der Waals surface area contributed by atoms with Gasteiger partial charge in [0, 0.05) is 29.6 Å². The summed E-state index contributed by atoms with van der Waals surface area (Å²) in [7, 11) is 0. The van der Waals surface area contributed by atoms with Gasteiger partial charge in [0.1, 0.15) is 5.82 Å². The van der Waals surface area contributed by atoms with Crippen molar-refractivity contribution in [2.45, 2.75) is 23.9 Å². The van der Waals surface area contributed by atoms with Crippen LogP contribution in [-0.4, -0.2) is 16.8 Å². The summed E-state index contributed by atoms with van der Waals surface area (Å²) in [6, 6.07) is 8.32. The van der Waals surface area contributed by atoms with E-state index in [1.807, 2.05) is 18.2 Å². The number of benzene rings is 1. The number of fused-ring (bicyclic) bond motifs is 1. The number of carbonyl (C=O) groups excluding carboxylic acids is 1. The standard InChI is InChI=1S/C16H16FN3OS/c17-13-3-1-2-12-14(6-9-22-15(12)13)20-16(21)19-10-11-4-7-18-8-5-11/h1-5,7-8,14H,6,9-10H2,(H2,19,20,21). The minimum Gasteiger partial charge on any atom is -0.334 e. The van der Waals surface area contributed by atoms with E-state index < -0.39 is 0 Å². The zero-order valence-corrected chi connectivity index (χ0v) is 12.7. The molecule has 2 N–H and O–H groups in total. The summed E-state index contributed by atoms with van der Waals surface area (Å²) in [5.74, 6) is 0.578. The van der Waals surface area contributed by atoms with Crippen LogP contribution < -0.4 is 10.6 Å². The number of aromatic nitrogens is 1. The zero-order valence-electron chi connectivity index (χ0n) is 11.9. The van der Waals surface area contributed by atoms with Crippen LogP contribution in [0.25, 0.3) is 0 Å². The largest absolute Gasteiger partial charge is 0.334 e. The van der Waals surface area contributed by atoms with Gasteiger partial charge < -0.3 is 10.6 Å². The molecule has 1 unspecified atom stereocenters. The Bertz CT molecular complexity index is 666. The van der Waals surface area contributed by atoms with Crippen LogP contribution in [0, 0.1) is 5.82 Å². The molecule has 2 amide bonds. The fraction of sp³-hybridized carbons (Fsp3) is 0.250. The van der Waals surface area contributed by atoms with E-state index in [1.54, 1.807) is 18.5 Å². The van der Waals surface area contributed by atoms with Gasteiger partial charge in [-0.25, -0.2) is 9.18 Å². The minimum atomic E-state index is -0.246. The first-order chi connectivity index (χ1) is 10.7. The van der Waals surface area contributed by atoms with Gasteiger partial charge >= 0.3 is 6.03 Å². The third-order valence-electron chi connectivity index (χ3n) is 3.53.